The van der Waals surface area contributed by atoms with Gasteiger partial charge in [0.1, 0.15) is 5.69 Å². The minimum absolute atomic E-state index is 0.195. The molecule has 0 fully saturated rings. The lowest BCUT2D eigenvalue weighted by atomic mass is 9.87. The Morgan fingerprint density at radius 1 is 1.11 bits per heavy atom. The van der Waals surface area contributed by atoms with Crippen molar-refractivity contribution in [2.45, 2.75) is 18.6 Å². The fourth-order valence-electron chi connectivity index (χ4n) is 3.71. The zero-order valence-electron chi connectivity index (χ0n) is 15.1. The molecule has 0 aliphatic carbocycles. The number of rotatable bonds is 2. The highest BCUT2D eigenvalue weighted by Gasteiger charge is 2.35. The van der Waals surface area contributed by atoms with Gasteiger partial charge in [-0.2, -0.15) is 13.2 Å². The summed E-state index contributed by atoms with van der Waals surface area (Å²) in [5.41, 5.74) is 2.42. The number of hydrogen-bond acceptors (Lipinski definition) is 2. The van der Waals surface area contributed by atoms with Gasteiger partial charge in [-0.25, -0.2) is 4.98 Å². The highest BCUT2D eigenvalue weighted by Crippen LogP contribution is 2.37. The molecule has 1 aromatic heterocycles. The lowest BCUT2D eigenvalue weighted by Crippen LogP contribution is -2.41. The third-order valence-corrected chi connectivity index (χ3v) is 5.13. The summed E-state index contributed by atoms with van der Waals surface area (Å²) in [7, 11) is 1.74. The molecule has 1 unspecified atom stereocenters. The normalized spacial score (nSPS) is 16.7. The molecule has 144 valence electrons. The molecule has 2 aromatic carbocycles. The fraction of sp³-hybridized carbons (Fsp3) is 0.238. The molecule has 0 N–H and O–H groups in total. The van der Waals surface area contributed by atoms with Crippen LogP contribution in [0, 0.1) is 0 Å². The second kappa shape index (κ2) is 6.82. The van der Waals surface area contributed by atoms with E-state index in [0.717, 1.165) is 23.3 Å². The number of aryl methyl sites for hydroxylation is 1. The van der Waals surface area contributed by atoms with Crippen LogP contribution in [0.15, 0.2) is 61.1 Å². The van der Waals surface area contributed by atoms with Crippen LogP contribution in [0.25, 0.3) is 0 Å². The van der Waals surface area contributed by atoms with E-state index in [2.05, 4.69) is 4.98 Å². The molecule has 0 radical (unpaired) electrons. The van der Waals surface area contributed by atoms with Crippen LogP contribution in [-0.4, -0.2) is 26.9 Å². The van der Waals surface area contributed by atoms with Crippen molar-refractivity contribution >= 4 is 5.91 Å². The number of carbonyl (C=O) groups excluding carboxylic acids is 1. The van der Waals surface area contributed by atoms with Crippen molar-refractivity contribution in [2.24, 2.45) is 7.05 Å². The van der Waals surface area contributed by atoms with E-state index in [-0.39, 0.29) is 5.91 Å². The first kappa shape index (κ1) is 18.3. The molecule has 28 heavy (non-hydrogen) atoms. The van der Waals surface area contributed by atoms with E-state index >= 15 is 0 Å². The van der Waals surface area contributed by atoms with Crippen LogP contribution in [-0.2, 0) is 19.6 Å². The Morgan fingerprint density at radius 3 is 2.46 bits per heavy atom. The fourth-order valence-corrected chi connectivity index (χ4v) is 3.71. The highest BCUT2D eigenvalue weighted by atomic mass is 19.4. The van der Waals surface area contributed by atoms with E-state index in [1.54, 1.807) is 22.8 Å². The molecular formula is C21H18F3N3O. The zero-order valence-corrected chi connectivity index (χ0v) is 15.1. The van der Waals surface area contributed by atoms with Gasteiger partial charge in [0.05, 0.1) is 24.1 Å². The Balaban J connectivity index is 1.79. The van der Waals surface area contributed by atoms with Gasteiger partial charge in [0.25, 0.3) is 5.91 Å². The number of halogens is 3. The van der Waals surface area contributed by atoms with E-state index in [0.29, 0.717) is 24.2 Å². The molecule has 3 aromatic rings. The topological polar surface area (TPSA) is 38.1 Å². The van der Waals surface area contributed by atoms with Crippen LogP contribution >= 0.6 is 0 Å². The molecule has 0 spiro atoms. The highest BCUT2D eigenvalue weighted by molar-refractivity contribution is 5.93. The van der Waals surface area contributed by atoms with Crippen molar-refractivity contribution in [3.63, 3.8) is 0 Å². The first-order valence-corrected chi connectivity index (χ1v) is 8.88. The second-order valence-electron chi connectivity index (χ2n) is 6.86. The van der Waals surface area contributed by atoms with Crippen molar-refractivity contribution in [1.82, 2.24) is 14.5 Å². The molecule has 0 bridgehead atoms. The third kappa shape index (κ3) is 3.17. The van der Waals surface area contributed by atoms with Gasteiger partial charge in [-0.05, 0) is 35.2 Å². The lowest BCUT2D eigenvalue weighted by Gasteiger charge is -2.37. The van der Waals surface area contributed by atoms with Crippen LogP contribution in [0.2, 0.25) is 0 Å². The molecule has 0 saturated heterocycles. The predicted molar refractivity (Wildman–Crippen MR) is 97.7 cm³/mol. The van der Waals surface area contributed by atoms with Crippen molar-refractivity contribution < 1.29 is 18.0 Å². The summed E-state index contributed by atoms with van der Waals surface area (Å²) in [6, 6.07) is 12.3. The minimum atomic E-state index is -4.40. The Bertz CT molecular complexity index is 1010. The number of imidazole rings is 1. The third-order valence-electron chi connectivity index (χ3n) is 5.13. The summed E-state index contributed by atoms with van der Waals surface area (Å²) in [5.74, 6) is -0.195. The Kier molecular flexibility index (Phi) is 4.45. The van der Waals surface area contributed by atoms with Crippen LogP contribution < -0.4 is 0 Å². The monoisotopic (exact) mass is 385 g/mol. The van der Waals surface area contributed by atoms with Gasteiger partial charge >= 0.3 is 6.18 Å². The smallest absolute Gasteiger partial charge is 0.330 e. The average Bonchev–Trinajstić information content (AvgIpc) is 3.12. The summed E-state index contributed by atoms with van der Waals surface area (Å²) in [4.78, 5) is 18.9. The van der Waals surface area contributed by atoms with Crippen molar-refractivity contribution in [1.29, 1.82) is 0 Å². The quantitative estimate of drug-likeness (QED) is 0.662. The predicted octanol–water partition coefficient (Wildman–Crippen LogP) is 4.23. The first-order chi connectivity index (χ1) is 13.4. The van der Waals surface area contributed by atoms with Crippen molar-refractivity contribution in [2.75, 3.05) is 6.54 Å². The maximum atomic E-state index is 13.2. The number of hydrogen-bond donors (Lipinski definition) is 0. The number of amides is 1. The summed E-state index contributed by atoms with van der Waals surface area (Å²) < 4.78 is 40.5. The van der Waals surface area contributed by atoms with Gasteiger partial charge in [0.15, 0.2) is 0 Å². The molecule has 2 heterocycles. The Morgan fingerprint density at radius 2 is 1.82 bits per heavy atom. The van der Waals surface area contributed by atoms with Gasteiger partial charge in [-0.1, -0.05) is 36.4 Å². The molecule has 4 rings (SSSR count). The molecular weight excluding hydrogens is 367 g/mol. The Hall–Kier alpha value is -3.09. The van der Waals surface area contributed by atoms with Gasteiger partial charge in [0.2, 0.25) is 0 Å². The summed E-state index contributed by atoms with van der Waals surface area (Å²) >= 11 is 0. The maximum absolute atomic E-state index is 13.2. The molecule has 1 amide bonds. The summed E-state index contributed by atoms with van der Waals surface area (Å²) in [5, 5.41) is 0. The lowest BCUT2D eigenvalue weighted by molar-refractivity contribution is -0.137. The first-order valence-electron chi connectivity index (χ1n) is 8.88. The van der Waals surface area contributed by atoms with Crippen LogP contribution in [0.4, 0.5) is 13.2 Å². The van der Waals surface area contributed by atoms with Crippen LogP contribution in [0.5, 0.6) is 0 Å². The molecule has 0 saturated carbocycles. The number of carbonyl (C=O) groups is 1. The van der Waals surface area contributed by atoms with Gasteiger partial charge in [0, 0.05) is 13.6 Å². The SMILES string of the molecule is Cn1cncc1C(=O)N1CCc2ccccc2C1c1ccc(C(F)(F)F)cc1. The van der Waals surface area contributed by atoms with E-state index in [1.165, 1.54) is 18.3 Å². The molecule has 7 heteroatoms. The van der Waals surface area contributed by atoms with Gasteiger partial charge in [-0.3, -0.25) is 4.79 Å². The molecule has 4 nitrogen and oxygen atoms in total. The van der Waals surface area contributed by atoms with E-state index in [4.69, 9.17) is 0 Å². The largest absolute Gasteiger partial charge is 0.416 e. The van der Waals surface area contributed by atoms with E-state index in [9.17, 15) is 18.0 Å². The van der Waals surface area contributed by atoms with E-state index < -0.39 is 17.8 Å². The number of fused-ring (bicyclic) bond motifs is 1. The molecule has 1 atom stereocenters. The minimum Gasteiger partial charge on any atom is -0.330 e. The van der Waals surface area contributed by atoms with Crippen LogP contribution in [0.3, 0.4) is 0 Å². The van der Waals surface area contributed by atoms with Gasteiger partial charge < -0.3 is 9.47 Å². The average molecular weight is 385 g/mol. The van der Waals surface area contributed by atoms with E-state index in [1.807, 2.05) is 24.3 Å². The summed E-state index contributed by atoms with van der Waals surface area (Å²) in [6.45, 7) is 0.479. The number of aromatic nitrogens is 2. The number of nitrogens with zero attached hydrogens (tertiary/aromatic N) is 3. The van der Waals surface area contributed by atoms with Crippen molar-refractivity contribution in [3.05, 3.63) is 89.0 Å². The number of benzene rings is 2. The molecule has 1 aliphatic rings. The number of alkyl halides is 3. The molecule has 1 aliphatic heterocycles. The van der Waals surface area contributed by atoms with Crippen LogP contribution in [0.1, 0.15) is 38.8 Å². The van der Waals surface area contributed by atoms with Crippen molar-refractivity contribution in [3.8, 4) is 0 Å². The zero-order chi connectivity index (χ0) is 19.9. The summed E-state index contributed by atoms with van der Waals surface area (Å²) in [6.07, 6.45) is -0.644. The standard InChI is InChI=1S/C21H18F3N3O/c1-26-13-25-12-18(26)20(28)27-11-10-14-4-2-3-5-17(14)19(27)15-6-8-16(9-7-15)21(22,23)24/h2-9,12-13,19H,10-11H2,1H3. The maximum Gasteiger partial charge on any atom is 0.416 e. The second-order valence-corrected chi connectivity index (χ2v) is 6.86. The Labute approximate surface area is 160 Å². The van der Waals surface area contributed by atoms with Gasteiger partial charge in [-0.15, -0.1) is 0 Å².